The normalized spacial score (nSPS) is 30.3. The smallest absolute Gasteiger partial charge is 0.256 e. The molecule has 3 amide bonds. The fourth-order valence-electron chi connectivity index (χ4n) is 4.30. The highest BCUT2D eigenvalue weighted by molar-refractivity contribution is 6.05. The standard InChI is InChI=1S/C19H24N4O4/c1-18(2)10-20-8-7-19(18,27)14-5-3-11-12(21-14)9-23(17(11)26)13-4-6-15(24)22-16(13)25/h3,5,13,20,27H,4,6-10H2,1-2H3,(H,22,24,25). The molecule has 1 aromatic heterocycles. The third-order valence-electron chi connectivity index (χ3n) is 6.15. The van der Waals surface area contributed by atoms with Gasteiger partial charge in [0.1, 0.15) is 11.6 Å². The van der Waals surface area contributed by atoms with Crippen LogP contribution in [-0.4, -0.2) is 51.8 Å². The largest absolute Gasteiger partial charge is 0.383 e. The predicted molar refractivity (Wildman–Crippen MR) is 95.4 cm³/mol. The van der Waals surface area contributed by atoms with Gasteiger partial charge in [0.05, 0.1) is 23.5 Å². The molecule has 144 valence electrons. The second-order valence-corrected chi connectivity index (χ2v) is 8.26. The minimum atomic E-state index is -1.08. The number of carbonyl (C=O) groups is 3. The molecule has 0 radical (unpaired) electrons. The van der Waals surface area contributed by atoms with Crippen LogP contribution in [-0.2, 0) is 21.7 Å². The molecule has 3 aliphatic rings. The Morgan fingerprint density at radius 3 is 2.74 bits per heavy atom. The molecule has 0 aliphatic carbocycles. The van der Waals surface area contributed by atoms with E-state index in [1.54, 1.807) is 12.1 Å². The van der Waals surface area contributed by atoms with Crippen LogP contribution in [0.1, 0.15) is 54.9 Å². The molecule has 0 aromatic carbocycles. The molecule has 3 N–H and O–H groups in total. The van der Waals surface area contributed by atoms with Crippen LogP contribution in [0, 0.1) is 5.41 Å². The van der Waals surface area contributed by atoms with Crippen molar-refractivity contribution in [3.05, 3.63) is 29.1 Å². The number of carbonyl (C=O) groups excluding carboxylic acids is 3. The summed E-state index contributed by atoms with van der Waals surface area (Å²) in [5.74, 6) is -1.00. The summed E-state index contributed by atoms with van der Waals surface area (Å²) in [6.45, 7) is 5.57. The van der Waals surface area contributed by atoms with Gasteiger partial charge in [-0.2, -0.15) is 0 Å². The molecule has 0 spiro atoms. The summed E-state index contributed by atoms with van der Waals surface area (Å²) in [5, 5.41) is 16.9. The maximum Gasteiger partial charge on any atom is 0.256 e. The van der Waals surface area contributed by atoms with E-state index in [4.69, 9.17) is 0 Å². The van der Waals surface area contributed by atoms with Gasteiger partial charge in [-0.3, -0.25) is 24.7 Å². The zero-order chi connectivity index (χ0) is 19.4. The number of aromatic nitrogens is 1. The van der Waals surface area contributed by atoms with Gasteiger partial charge in [-0.15, -0.1) is 0 Å². The van der Waals surface area contributed by atoms with E-state index in [-0.39, 0.29) is 24.8 Å². The van der Waals surface area contributed by atoms with E-state index in [1.807, 2.05) is 13.8 Å². The SMILES string of the molecule is CC1(C)CNCCC1(O)c1ccc2c(n1)CN(C1CCC(=O)NC1=O)C2=O. The van der Waals surface area contributed by atoms with E-state index in [2.05, 4.69) is 15.6 Å². The molecular weight excluding hydrogens is 348 g/mol. The summed E-state index contributed by atoms with van der Waals surface area (Å²) in [7, 11) is 0. The fourth-order valence-corrected chi connectivity index (χ4v) is 4.30. The topological polar surface area (TPSA) is 112 Å². The van der Waals surface area contributed by atoms with Crippen LogP contribution in [0.4, 0.5) is 0 Å². The molecule has 4 rings (SSSR count). The Morgan fingerprint density at radius 2 is 2.04 bits per heavy atom. The van der Waals surface area contributed by atoms with E-state index < -0.39 is 23.0 Å². The van der Waals surface area contributed by atoms with Gasteiger partial charge in [0.25, 0.3) is 5.91 Å². The Hall–Kier alpha value is -2.32. The minimum absolute atomic E-state index is 0.211. The van der Waals surface area contributed by atoms with E-state index in [9.17, 15) is 19.5 Å². The van der Waals surface area contributed by atoms with Crippen LogP contribution >= 0.6 is 0 Å². The quantitative estimate of drug-likeness (QED) is 0.633. The highest BCUT2D eigenvalue weighted by atomic mass is 16.3. The molecule has 2 saturated heterocycles. The monoisotopic (exact) mass is 372 g/mol. The zero-order valence-electron chi connectivity index (χ0n) is 15.5. The van der Waals surface area contributed by atoms with E-state index in [0.29, 0.717) is 42.9 Å². The maximum atomic E-state index is 12.8. The van der Waals surface area contributed by atoms with Crippen molar-refractivity contribution in [3.63, 3.8) is 0 Å². The Balaban J connectivity index is 1.63. The van der Waals surface area contributed by atoms with Gasteiger partial charge < -0.3 is 15.3 Å². The van der Waals surface area contributed by atoms with E-state index >= 15 is 0 Å². The molecule has 0 bridgehead atoms. The molecule has 8 nitrogen and oxygen atoms in total. The third kappa shape index (κ3) is 2.74. The molecule has 1 aromatic rings. The second kappa shape index (κ2) is 6.10. The lowest BCUT2D eigenvalue weighted by atomic mass is 9.68. The number of pyridine rings is 1. The summed E-state index contributed by atoms with van der Waals surface area (Å²) >= 11 is 0. The number of imide groups is 1. The van der Waals surface area contributed by atoms with Crippen LogP contribution < -0.4 is 10.6 Å². The van der Waals surface area contributed by atoms with Crippen molar-refractivity contribution in [2.24, 2.45) is 5.41 Å². The van der Waals surface area contributed by atoms with E-state index in [1.165, 1.54) is 4.90 Å². The van der Waals surface area contributed by atoms with Crippen molar-refractivity contribution in [1.82, 2.24) is 20.5 Å². The van der Waals surface area contributed by atoms with Crippen molar-refractivity contribution in [2.45, 2.75) is 51.3 Å². The molecule has 3 aliphatic heterocycles. The minimum Gasteiger partial charge on any atom is -0.383 e. The number of piperidine rings is 2. The number of rotatable bonds is 2. The van der Waals surface area contributed by atoms with Crippen molar-refractivity contribution in [1.29, 1.82) is 0 Å². The zero-order valence-corrected chi connectivity index (χ0v) is 15.5. The van der Waals surface area contributed by atoms with Crippen molar-refractivity contribution < 1.29 is 19.5 Å². The number of hydrogen-bond acceptors (Lipinski definition) is 6. The van der Waals surface area contributed by atoms with Crippen molar-refractivity contribution in [3.8, 4) is 0 Å². The molecule has 2 atom stereocenters. The molecule has 27 heavy (non-hydrogen) atoms. The van der Waals surface area contributed by atoms with Gasteiger partial charge in [-0.25, -0.2) is 0 Å². The molecule has 8 heteroatoms. The van der Waals surface area contributed by atoms with Gasteiger partial charge in [0.2, 0.25) is 11.8 Å². The lowest BCUT2D eigenvalue weighted by Crippen LogP contribution is -2.54. The first-order valence-corrected chi connectivity index (χ1v) is 9.31. The summed E-state index contributed by atoms with van der Waals surface area (Å²) < 4.78 is 0. The summed E-state index contributed by atoms with van der Waals surface area (Å²) in [4.78, 5) is 42.4. The number of aliphatic hydroxyl groups is 1. The molecule has 2 unspecified atom stereocenters. The highest BCUT2D eigenvalue weighted by Gasteiger charge is 2.48. The van der Waals surface area contributed by atoms with Crippen LogP contribution in [0.25, 0.3) is 0 Å². The average Bonchev–Trinajstić information content (AvgIpc) is 2.94. The van der Waals surface area contributed by atoms with Gasteiger partial charge in [0.15, 0.2) is 0 Å². The Bertz CT molecular complexity index is 837. The number of nitrogens with one attached hydrogen (secondary N) is 2. The average molecular weight is 372 g/mol. The first-order chi connectivity index (χ1) is 12.7. The maximum absolute atomic E-state index is 12.8. The number of hydrogen-bond donors (Lipinski definition) is 3. The van der Waals surface area contributed by atoms with Crippen molar-refractivity contribution >= 4 is 17.7 Å². The lowest BCUT2D eigenvalue weighted by Gasteiger charge is -2.46. The van der Waals surface area contributed by atoms with Crippen LogP contribution in [0.5, 0.6) is 0 Å². The van der Waals surface area contributed by atoms with E-state index in [0.717, 1.165) is 0 Å². The van der Waals surface area contributed by atoms with Crippen molar-refractivity contribution in [2.75, 3.05) is 13.1 Å². The Kier molecular flexibility index (Phi) is 4.08. The fraction of sp³-hybridized carbons (Fsp3) is 0.579. The summed E-state index contributed by atoms with van der Waals surface area (Å²) in [6, 6.07) is 2.76. The van der Waals surface area contributed by atoms with Gasteiger partial charge in [-0.05, 0) is 31.5 Å². The molecule has 0 saturated carbocycles. The summed E-state index contributed by atoms with van der Waals surface area (Å²) in [5.41, 5.74) is 0.103. The van der Waals surface area contributed by atoms with Crippen LogP contribution in [0.3, 0.4) is 0 Å². The lowest BCUT2D eigenvalue weighted by molar-refractivity contribution is -0.136. The number of nitrogens with zero attached hydrogens (tertiary/aromatic N) is 2. The van der Waals surface area contributed by atoms with Gasteiger partial charge in [0, 0.05) is 18.4 Å². The molecule has 2 fully saturated rings. The number of amides is 3. The van der Waals surface area contributed by atoms with Crippen LogP contribution in [0.2, 0.25) is 0 Å². The first kappa shape index (κ1) is 18.1. The highest BCUT2D eigenvalue weighted by Crippen LogP contribution is 2.43. The third-order valence-corrected chi connectivity index (χ3v) is 6.15. The Morgan fingerprint density at radius 1 is 1.26 bits per heavy atom. The summed E-state index contributed by atoms with van der Waals surface area (Å²) in [6.07, 6.45) is 1.08. The second-order valence-electron chi connectivity index (χ2n) is 8.26. The van der Waals surface area contributed by atoms with Gasteiger partial charge >= 0.3 is 0 Å². The molecular formula is C19H24N4O4. The first-order valence-electron chi connectivity index (χ1n) is 9.31. The van der Waals surface area contributed by atoms with Crippen LogP contribution in [0.15, 0.2) is 12.1 Å². The predicted octanol–water partition coefficient (Wildman–Crippen LogP) is 0.0497. The Labute approximate surface area is 157 Å². The van der Waals surface area contributed by atoms with Gasteiger partial charge in [-0.1, -0.05) is 13.8 Å². The molecule has 4 heterocycles. The number of fused-ring (bicyclic) bond motifs is 1.